The molecular weight excluding hydrogens is 374 g/mol. The van der Waals surface area contributed by atoms with Crippen molar-refractivity contribution in [3.63, 3.8) is 0 Å². The van der Waals surface area contributed by atoms with Crippen LogP contribution in [-0.4, -0.2) is 29.7 Å². The number of benzene rings is 2. The van der Waals surface area contributed by atoms with Crippen molar-refractivity contribution >= 4 is 12.4 Å². The zero-order chi connectivity index (χ0) is 18.3. The molecule has 1 saturated heterocycles. The van der Waals surface area contributed by atoms with E-state index in [0.29, 0.717) is 18.5 Å². The first-order valence-electron chi connectivity index (χ1n) is 9.36. The second-order valence-corrected chi connectivity index (χ2v) is 6.70. The lowest BCUT2D eigenvalue weighted by atomic mass is 9.99. The zero-order valence-corrected chi connectivity index (χ0v) is 16.4. The topological polar surface area (TPSA) is 56.3 Å². The Morgan fingerprint density at radius 2 is 1.46 bits per heavy atom. The van der Waals surface area contributed by atoms with E-state index in [2.05, 4.69) is 15.3 Å². The smallest absolute Gasteiger partial charge is 0.316 e. The third-order valence-corrected chi connectivity index (χ3v) is 4.70. The number of nitrogens with zero attached hydrogens (tertiary/aromatic N) is 2. The molecule has 6 heteroatoms. The van der Waals surface area contributed by atoms with E-state index in [-0.39, 0.29) is 12.4 Å². The molecule has 1 aliphatic rings. The molecule has 0 unspecified atom stereocenters. The van der Waals surface area contributed by atoms with Gasteiger partial charge in [-0.15, -0.1) is 12.4 Å². The van der Waals surface area contributed by atoms with Gasteiger partial charge in [-0.05, 0) is 61.7 Å². The van der Waals surface area contributed by atoms with Gasteiger partial charge >= 0.3 is 6.01 Å². The molecule has 4 rings (SSSR count). The Labute approximate surface area is 171 Å². The van der Waals surface area contributed by atoms with Crippen LogP contribution in [0.4, 0.5) is 0 Å². The predicted octanol–water partition coefficient (Wildman–Crippen LogP) is 4.74. The maximum absolute atomic E-state index is 5.82. The largest absolute Gasteiger partial charge is 0.463 e. The molecule has 0 spiro atoms. The number of aromatic nitrogens is 2. The molecule has 3 aromatic rings. The fourth-order valence-corrected chi connectivity index (χ4v) is 3.12. The van der Waals surface area contributed by atoms with Gasteiger partial charge in [-0.1, -0.05) is 30.3 Å². The maximum atomic E-state index is 5.82. The molecule has 2 aromatic carbocycles. The Morgan fingerprint density at radius 1 is 0.821 bits per heavy atom. The summed E-state index contributed by atoms with van der Waals surface area (Å²) >= 11 is 0. The molecule has 0 saturated carbocycles. The van der Waals surface area contributed by atoms with Gasteiger partial charge in [-0.25, -0.2) is 9.97 Å². The van der Waals surface area contributed by atoms with Gasteiger partial charge in [0, 0.05) is 18.0 Å². The van der Waals surface area contributed by atoms with E-state index in [4.69, 9.17) is 9.47 Å². The minimum absolute atomic E-state index is 0. The lowest BCUT2D eigenvalue weighted by Crippen LogP contribution is -2.30. The van der Waals surface area contributed by atoms with E-state index < -0.39 is 0 Å². The molecule has 28 heavy (non-hydrogen) atoms. The molecule has 1 N–H and O–H groups in total. The summed E-state index contributed by atoms with van der Waals surface area (Å²) in [6.07, 6.45) is 5.90. The lowest BCUT2D eigenvalue weighted by Gasteiger charge is -2.21. The molecule has 1 aromatic heterocycles. The van der Waals surface area contributed by atoms with Gasteiger partial charge in [0.1, 0.15) is 11.5 Å². The summed E-state index contributed by atoms with van der Waals surface area (Å²) < 4.78 is 11.6. The van der Waals surface area contributed by atoms with Gasteiger partial charge in [0.15, 0.2) is 0 Å². The summed E-state index contributed by atoms with van der Waals surface area (Å²) in [5.74, 6) is 2.21. The minimum Gasteiger partial charge on any atom is -0.463 e. The number of hydrogen-bond donors (Lipinski definition) is 1. The second-order valence-electron chi connectivity index (χ2n) is 6.70. The molecule has 5 nitrogen and oxygen atoms in total. The van der Waals surface area contributed by atoms with Crippen molar-refractivity contribution in [3.05, 3.63) is 67.0 Å². The summed E-state index contributed by atoms with van der Waals surface area (Å²) in [5, 5.41) is 3.36. The minimum atomic E-state index is 0. The van der Waals surface area contributed by atoms with Crippen molar-refractivity contribution in [2.45, 2.75) is 12.8 Å². The maximum Gasteiger partial charge on any atom is 0.316 e. The Balaban J connectivity index is 0.00000225. The van der Waals surface area contributed by atoms with Crippen LogP contribution in [0.2, 0.25) is 0 Å². The summed E-state index contributed by atoms with van der Waals surface area (Å²) in [6.45, 7) is 2.82. The summed E-state index contributed by atoms with van der Waals surface area (Å²) in [4.78, 5) is 8.70. The van der Waals surface area contributed by atoms with E-state index in [1.807, 2.05) is 54.6 Å². The molecule has 146 valence electrons. The third kappa shape index (κ3) is 5.44. The van der Waals surface area contributed by atoms with Crippen LogP contribution >= 0.6 is 12.4 Å². The normalized spacial score (nSPS) is 14.1. The third-order valence-electron chi connectivity index (χ3n) is 4.70. The van der Waals surface area contributed by atoms with Crippen LogP contribution in [-0.2, 0) is 0 Å². The second kappa shape index (κ2) is 10.1. The Bertz CT molecular complexity index is 836. The van der Waals surface area contributed by atoms with Crippen LogP contribution in [0.1, 0.15) is 12.8 Å². The highest BCUT2D eigenvalue weighted by Crippen LogP contribution is 2.25. The number of hydrogen-bond acceptors (Lipinski definition) is 5. The van der Waals surface area contributed by atoms with E-state index in [1.54, 1.807) is 12.4 Å². The SMILES string of the molecule is Cl.c1ccc(Oc2ccc(-c3cnc(OCC4CCNCC4)nc3)cc2)cc1. The summed E-state index contributed by atoms with van der Waals surface area (Å²) in [5.41, 5.74) is 2.00. The molecule has 0 amide bonds. The van der Waals surface area contributed by atoms with Gasteiger partial charge in [0.25, 0.3) is 0 Å². The molecule has 0 radical (unpaired) electrons. The number of rotatable bonds is 6. The summed E-state index contributed by atoms with van der Waals surface area (Å²) in [7, 11) is 0. The first-order chi connectivity index (χ1) is 13.4. The van der Waals surface area contributed by atoms with Crippen LogP contribution in [0.3, 0.4) is 0 Å². The van der Waals surface area contributed by atoms with Crippen molar-refractivity contribution < 1.29 is 9.47 Å². The number of halogens is 1. The number of para-hydroxylation sites is 1. The Hall–Kier alpha value is -2.63. The predicted molar refractivity (Wildman–Crippen MR) is 112 cm³/mol. The van der Waals surface area contributed by atoms with Crippen molar-refractivity contribution in [2.24, 2.45) is 5.92 Å². The number of piperidine rings is 1. The van der Waals surface area contributed by atoms with Gasteiger partial charge in [-0.2, -0.15) is 0 Å². The van der Waals surface area contributed by atoms with Gasteiger partial charge in [0.2, 0.25) is 0 Å². The van der Waals surface area contributed by atoms with Crippen molar-refractivity contribution in [2.75, 3.05) is 19.7 Å². The van der Waals surface area contributed by atoms with Gasteiger partial charge in [-0.3, -0.25) is 0 Å². The van der Waals surface area contributed by atoms with E-state index in [0.717, 1.165) is 48.6 Å². The average molecular weight is 398 g/mol. The zero-order valence-electron chi connectivity index (χ0n) is 15.6. The first-order valence-corrected chi connectivity index (χ1v) is 9.36. The standard InChI is InChI=1S/C22H23N3O2.ClH/c1-2-4-20(5-3-1)27-21-8-6-18(7-9-21)19-14-24-22(25-15-19)26-16-17-10-12-23-13-11-17;/h1-9,14-15,17,23H,10-13,16H2;1H. The highest BCUT2D eigenvalue weighted by atomic mass is 35.5. The molecule has 0 atom stereocenters. The summed E-state index contributed by atoms with van der Waals surface area (Å²) in [6, 6.07) is 18.1. The highest BCUT2D eigenvalue weighted by Gasteiger charge is 2.14. The number of ether oxygens (including phenoxy) is 2. The van der Waals surface area contributed by atoms with Crippen molar-refractivity contribution in [1.82, 2.24) is 15.3 Å². The van der Waals surface area contributed by atoms with E-state index in [1.165, 1.54) is 0 Å². The molecule has 0 aliphatic carbocycles. The van der Waals surface area contributed by atoms with Gasteiger partial charge in [0.05, 0.1) is 6.61 Å². The Morgan fingerprint density at radius 3 is 2.14 bits per heavy atom. The quantitative estimate of drug-likeness (QED) is 0.651. The lowest BCUT2D eigenvalue weighted by molar-refractivity contribution is 0.202. The van der Waals surface area contributed by atoms with Crippen LogP contribution in [0.15, 0.2) is 67.0 Å². The first kappa shape index (κ1) is 20.1. The van der Waals surface area contributed by atoms with Crippen LogP contribution < -0.4 is 14.8 Å². The molecule has 0 bridgehead atoms. The van der Waals surface area contributed by atoms with E-state index in [9.17, 15) is 0 Å². The molecular formula is C22H24ClN3O2. The van der Waals surface area contributed by atoms with Gasteiger partial charge < -0.3 is 14.8 Å². The highest BCUT2D eigenvalue weighted by molar-refractivity contribution is 5.85. The van der Waals surface area contributed by atoms with Crippen LogP contribution in [0, 0.1) is 5.92 Å². The van der Waals surface area contributed by atoms with Crippen molar-refractivity contribution in [3.8, 4) is 28.6 Å². The Kier molecular flexibility index (Phi) is 7.23. The fourth-order valence-electron chi connectivity index (χ4n) is 3.12. The van der Waals surface area contributed by atoms with Crippen LogP contribution in [0.25, 0.3) is 11.1 Å². The average Bonchev–Trinajstić information content (AvgIpc) is 2.75. The van der Waals surface area contributed by atoms with Crippen LogP contribution in [0.5, 0.6) is 17.5 Å². The molecule has 1 aliphatic heterocycles. The van der Waals surface area contributed by atoms with Crippen molar-refractivity contribution in [1.29, 1.82) is 0 Å². The molecule has 2 heterocycles. The van der Waals surface area contributed by atoms with E-state index >= 15 is 0 Å². The monoisotopic (exact) mass is 397 g/mol. The fraction of sp³-hybridized carbons (Fsp3) is 0.273. The number of nitrogens with one attached hydrogen (secondary N) is 1. The molecule has 1 fully saturated rings.